The number of nitrogens with one attached hydrogen (secondary N) is 2. The normalized spacial score (nSPS) is 11.3. The zero-order valence-corrected chi connectivity index (χ0v) is 13.1. The molecule has 0 spiro atoms. The molecule has 0 aliphatic heterocycles. The van der Waals surface area contributed by atoms with Crippen molar-refractivity contribution in [1.29, 1.82) is 0 Å². The van der Waals surface area contributed by atoms with Crippen LogP contribution in [0.5, 0.6) is 11.5 Å². The first kappa shape index (κ1) is 13.6. The van der Waals surface area contributed by atoms with Gasteiger partial charge in [0.1, 0.15) is 17.2 Å². The van der Waals surface area contributed by atoms with Gasteiger partial charge in [-0.3, -0.25) is 10.2 Å². The molecule has 0 bridgehead atoms. The van der Waals surface area contributed by atoms with Gasteiger partial charge in [-0.1, -0.05) is 6.07 Å². The van der Waals surface area contributed by atoms with Crippen molar-refractivity contribution < 1.29 is 9.47 Å². The van der Waals surface area contributed by atoms with E-state index in [2.05, 4.69) is 20.4 Å². The molecule has 2 aromatic carbocycles. The van der Waals surface area contributed by atoms with E-state index in [0.29, 0.717) is 0 Å². The molecule has 2 N–H and O–H groups in total. The number of fused-ring (bicyclic) bond motifs is 2. The maximum atomic E-state index is 5.64. The lowest BCUT2D eigenvalue weighted by Crippen LogP contribution is -1.92. The molecule has 2 aromatic heterocycles. The van der Waals surface area contributed by atoms with Gasteiger partial charge in [-0.15, -0.1) is 0 Å². The summed E-state index contributed by atoms with van der Waals surface area (Å²) >= 11 is 0. The van der Waals surface area contributed by atoms with Crippen LogP contribution in [-0.2, 0) is 0 Å². The number of aromatic amines is 2. The molecule has 0 atom stereocenters. The highest BCUT2D eigenvalue weighted by Crippen LogP contribution is 2.41. The lowest BCUT2D eigenvalue weighted by molar-refractivity contribution is 0.416. The monoisotopic (exact) mass is 308 g/mol. The number of aromatic nitrogens is 4. The number of methoxy groups -OCH3 is 2. The second-order valence-electron chi connectivity index (χ2n) is 5.39. The first-order chi connectivity index (χ1) is 11.2. The Morgan fingerprint density at radius 1 is 0.913 bits per heavy atom. The molecule has 0 fully saturated rings. The van der Waals surface area contributed by atoms with Crippen molar-refractivity contribution in [3.63, 3.8) is 0 Å². The molecule has 0 unspecified atom stereocenters. The number of rotatable bonds is 3. The Kier molecular flexibility index (Phi) is 2.97. The van der Waals surface area contributed by atoms with Crippen molar-refractivity contribution in [2.45, 2.75) is 6.92 Å². The minimum Gasteiger partial charge on any atom is -0.496 e. The SMILES string of the molecule is COc1c(-c2n[nH]c3ccc(C)c(OC)c23)ccc2[nH]ncc12. The Hall–Kier alpha value is -3.02. The van der Waals surface area contributed by atoms with Crippen LogP contribution in [0.2, 0.25) is 0 Å². The molecular formula is C17H16N4O2. The maximum absolute atomic E-state index is 5.64. The highest BCUT2D eigenvalue weighted by atomic mass is 16.5. The van der Waals surface area contributed by atoms with Crippen LogP contribution in [0.15, 0.2) is 30.5 Å². The molecule has 0 aliphatic carbocycles. The van der Waals surface area contributed by atoms with Gasteiger partial charge in [0.05, 0.1) is 42.2 Å². The largest absolute Gasteiger partial charge is 0.496 e. The lowest BCUT2D eigenvalue weighted by Gasteiger charge is -2.10. The number of aryl methyl sites for hydroxylation is 1. The summed E-state index contributed by atoms with van der Waals surface area (Å²) in [5.74, 6) is 1.56. The molecule has 0 saturated heterocycles. The Bertz CT molecular complexity index is 1020. The van der Waals surface area contributed by atoms with Crippen LogP contribution in [0.4, 0.5) is 0 Å². The predicted molar refractivity (Wildman–Crippen MR) is 89.0 cm³/mol. The molecule has 0 radical (unpaired) electrons. The molecule has 6 heteroatoms. The third-order valence-electron chi connectivity index (χ3n) is 4.12. The Balaban J connectivity index is 2.08. The molecule has 4 aromatic rings. The van der Waals surface area contributed by atoms with Crippen LogP contribution in [0, 0.1) is 6.92 Å². The molecule has 6 nitrogen and oxygen atoms in total. The van der Waals surface area contributed by atoms with E-state index in [9.17, 15) is 0 Å². The molecule has 23 heavy (non-hydrogen) atoms. The summed E-state index contributed by atoms with van der Waals surface area (Å²) in [6.07, 6.45) is 1.76. The number of nitrogens with zero attached hydrogens (tertiary/aromatic N) is 2. The molecular weight excluding hydrogens is 292 g/mol. The van der Waals surface area contributed by atoms with Gasteiger partial charge in [0.15, 0.2) is 0 Å². The Morgan fingerprint density at radius 2 is 1.70 bits per heavy atom. The second-order valence-corrected chi connectivity index (χ2v) is 5.39. The number of hydrogen-bond acceptors (Lipinski definition) is 4. The van der Waals surface area contributed by atoms with Crippen LogP contribution in [0.1, 0.15) is 5.56 Å². The van der Waals surface area contributed by atoms with Crippen molar-refractivity contribution in [3.8, 4) is 22.8 Å². The fourth-order valence-electron chi connectivity index (χ4n) is 3.04. The summed E-state index contributed by atoms with van der Waals surface area (Å²) in [5, 5.41) is 16.5. The first-order valence-corrected chi connectivity index (χ1v) is 7.26. The van der Waals surface area contributed by atoms with E-state index in [1.807, 2.05) is 31.2 Å². The topological polar surface area (TPSA) is 75.8 Å². The zero-order chi connectivity index (χ0) is 16.0. The number of ether oxygens (including phenoxy) is 2. The average Bonchev–Trinajstić information content (AvgIpc) is 3.20. The first-order valence-electron chi connectivity index (χ1n) is 7.26. The second kappa shape index (κ2) is 5.01. The molecule has 2 heterocycles. The van der Waals surface area contributed by atoms with E-state index < -0.39 is 0 Å². The Morgan fingerprint density at radius 3 is 2.48 bits per heavy atom. The maximum Gasteiger partial charge on any atom is 0.139 e. The van der Waals surface area contributed by atoms with Crippen LogP contribution < -0.4 is 9.47 Å². The predicted octanol–water partition coefficient (Wildman–Crippen LogP) is 3.43. The van der Waals surface area contributed by atoms with E-state index in [0.717, 1.165) is 50.1 Å². The fraction of sp³-hybridized carbons (Fsp3) is 0.176. The van der Waals surface area contributed by atoms with E-state index in [1.54, 1.807) is 20.4 Å². The Labute approximate surface area is 132 Å². The van der Waals surface area contributed by atoms with E-state index in [-0.39, 0.29) is 0 Å². The van der Waals surface area contributed by atoms with Gasteiger partial charge in [0, 0.05) is 5.56 Å². The van der Waals surface area contributed by atoms with Crippen molar-refractivity contribution in [1.82, 2.24) is 20.4 Å². The highest BCUT2D eigenvalue weighted by Gasteiger charge is 2.19. The van der Waals surface area contributed by atoms with Crippen LogP contribution in [0.3, 0.4) is 0 Å². The third-order valence-corrected chi connectivity index (χ3v) is 4.12. The van der Waals surface area contributed by atoms with Crippen LogP contribution in [-0.4, -0.2) is 34.6 Å². The molecule has 4 rings (SSSR count). The average molecular weight is 308 g/mol. The number of benzene rings is 2. The summed E-state index contributed by atoms with van der Waals surface area (Å²) in [6, 6.07) is 7.98. The van der Waals surface area contributed by atoms with Crippen molar-refractivity contribution >= 4 is 21.8 Å². The smallest absolute Gasteiger partial charge is 0.139 e. The van der Waals surface area contributed by atoms with E-state index in [1.165, 1.54) is 0 Å². The summed E-state index contributed by atoms with van der Waals surface area (Å²) in [5.41, 5.74) is 4.62. The molecule has 116 valence electrons. The number of hydrogen-bond donors (Lipinski definition) is 2. The molecule has 0 saturated carbocycles. The van der Waals surface area contributed by atoms with Gasteiger partial charge in [-0.05, 0) is 30.7 Å². The van der Waals surface area contributed by atoms with Gasteiger partial charge in [-0.2, -0.15) is 10.2 Å². The van der Waals surface area contributed by atoms with Gasteiger partial charge in [0.2, 0.25) is 0 Å². The third kappa shape index (κ3) is 1.88. The van der Waals surface area contributed by atoms with E-state index in [4.69, 9.17) is 9.47 Å². The highest BCUT2D eigenvalue weighted by molar-refractivity contribution is 6.02. The molecule has 0 aliphatic rings. The van der Waals surface area contributed by atoms with Gasteiger partial charge < -0.3 is 9.47 Å². The van der Waals surface area contributed by atoms with Crippen molar-refractivity contribution in [2.24, 2.45) is 0 Å². The summed E-state index contributed by atoms with van der Waals surface area (Å²) < 4.78 is 11.2. The summed E-state index contributed by atoms with van der Waals surface area (Å²) in [6.45, 7) is 2.02. The van der Waals surface area contributed by atoms with Crippen LogP contribution >= 0.6 is 0 Å². The van der Waals surface area contributed by atoms with Crippen molar-refractivity contribution in [3.05, 3.63) is 36.0 Å². The minimum atomic E-state index is 0.744. The minimum absolute atomic E-state index is 0.744. The fourth-order valence-corrected chi connectivity index (χ4v) is 3.04. The van der Waals surface area contributed by atoms with Crippen molar-refractivity contribution in [2.75, 3.05) is 14.2 Å². The summed E-state index contributed by atoms with van der Waals surface area (Å²) in [4.78, 5) is 0. The number of H-pyrrole nitrogens is 2. The summed E-state index contributed by atoms with van der Waals surface area (Å²) in [7, 11) is 3.33. The van der Waals surface area contributed by atoms with Crippen LogP contribution in [0.25, 0.3) is 33.1 Å². The van der Waals surface area contributed by atoms with Gasteiger partial charge >= 0.3 is 0 Å². The van der Waals surface area contributed by atoms with Gasteiger partial charge in [-0.25, -0.2) is 0 Å². The lowest BCUT2D eigenvalue weighted by atomic mass is 10.0. The quantitative estimate of drug-likeness (QED) is 0.608. The molecule has 0 amide bonds. The standard InChI is InChI=1S/C17H16N4O2/c1-9-4-6-13-14(16(9)22-2)15(21-20-13)10-5-7-12-11(8-18-19-12)17(10)23-3/h4-8H,1-3H3,(H,18,19)(H,20,21). The van der Waals surface area contributed by atoms with Gasteiger partial charge in [0.25, 0.3) is 0 Å². The zero-order valence-electron chi connectivity index (χ0n) is 13.1. The van der Waals surface area contributed by atoms with E-state index >= 15 is 0 Å².